The van der Waals surface area contributed by atoms with Gasteiger partial charge in [-0.3, -0.25) is 0 Å². The zero-order valence-electron chi connectivity index (χ0n) is 7.37. The van der Waals surface area contributed by atoms with E-state index in [2.05, 4.69) is 9.72 Å². The highest BCUT2D eigenvalue weighted by molar-refractivity contribution is 5.42. The molecule has 1 aromatic rings. The van der Waals surface area contributed by atoms with E-state index in [4.69, 9.17) is 5.11 Å². The number of hydrogen-bond acceptors (Lipinski definition) is 4. The van der Waals surface area contributed by atoms with Gasteiger partial charge in [-0.05, 0) is 6.07 Å². The number of nitrogens with zero attached hydrogens (tertiary/aromatic N) is 1. The molecule has 0 aliphatic heterocycles. The number of halogens is 2. The zero-order valence-corrected chi connectivity index (χ0v) is 7.37. The Morgan fingerprint density at radius 2 is 2.21 bits per heavy atom. The number of rotatable bonds is 3. The Labute approximate surface area is 78.8 Å². The number of aromatic nitrogens is 1. The number of pyridine rings is 1. The Morgan fingerprint density at radius 3 is 2.64 bits per heavy atom. The SMILES string of the molecule is COc1nc(CO)cc(C(F)F)c1O. The molecule has 4 nitrogen and oxygen atoms in total. The van der Waals surface area contributed by atoms with E-state index >= 15 is 0 Å². The van der Waals surface area contributed by atoms with Crippen molar-refractivity contribution in [3.05, 3.63) is 17.3 Å². The lowest BCUT2D eigenvalue weighted by Gasteiger charge is -2.09. The van der Waals surface area contributed by atoms with E-state index in [0.717, 1.165) is 6.07 Å². The third kappa shape index (κ3) is 1.90. The summed E-state index contributed by atoms with van der Waals surface area (Å²) in [7, 11) is 1.19. The minimum Gasteiger partial charge on any atom is -0.503 e. The molecule has 1 heterocycles. The van der Waals surface area contributed by atoms with E-state index in [1.54, 1.807) is 0 Å². The van der Waals surface area contributed by atoms with Gasteiger partial charge in [-0.15, -0.1) is 0 Å². The van der Waals surface area contributed by atoms with Gasteiger partial charge in [-0.2, -0.15) is 0 Å². The number of aliphatic hydroxyl groups is 1. The van der Waals surface area contributed by atoms with Crippen LogP contribution in [0.25, 0.3) is 0 Å². The number of aromatic hydroxyl groups is 1. The summed E-state index contributed by atoms with van der Waals surface area (Å²) in [5.74, 6) is -1.01. The van der Waals surface area contributed by atoms with Gasteiger partial charge in [0.05, 0.1) is 25.0 Å². The number of methoxy groups -OCH3 is 1. The van der Waals surface area contributed by atoms with Crippen LogP contribution in [0.4, 0.5) is 8.78 Å². The highest BCUT2D eigenvalue weighted by atomic mass is 19.3. The monoisotopic (exact) mass is 205 g/mol. The summed E-state index contributed by atoms with van der Waals surface area (Å²) < 4.78 is 29.2. The zero-order chi connectivity index (χ0) is 10.7. The van der Waals surface area contributed by atoms with Crippen molar-refractivity contribution in [2.24, 2.45) is 0 Å². The van der Waals surface area contributed by atoms with Crippen LogP contribution in [0.3, 0.4) is 0 Å². The molecule has 78 valence electrons. The first-order valence-corrected chi connectivity index (χ1v) is 3.76. The van der Waals surface area contributed by atoms with Crippen LogP contribution in [0.1, 0.15) is 17.7 Å². The lowest BCUT2D eigenvalue weighted by Crippen LogP contribution is -1.98. The van der Waals surface area contributed by atoms with Crippen molar-refractivity contribution >= 4 is 0 Å². The second-order valence-electron chi connectivity index (χ2n) is 2.52. The number of aliphatic hydroxyl groups excluding tert-OH is 1. The van der Waals surface area contributed by atoms with E-state index in [-0.39, 0.29) is 11.6 Å². The van der Waals surface area contributed by atoms with Gasteiger partial charge in [0.1, 0.15) is 0 Å². The summed E-state index contributed by atoms with van der Waals surface area (Å²) >= 11 is 0. The van der Waals surface area contributed by atoms with Crippen LogP contribution in [-0.4, -0.2) is 22.3 Å². The molecular formula is C8H9F2NO3. The Hall–Kier alpha value is -1.43. The standard InChI is InChI=1S/C8H9F2NO3/c1-14-8-6(13)5(7(9)10)2-4(3-12)11-8/h2,7,12-13H,3H2,1H3. The predicted molar refractivity (Wildman–Crippen MR) is 43.3 cm³/mol. The van der Waals surface area contributed by atoms with E-state index in [0.29, 0.717) is 0 Å². The Bertz CT molecular complexity index is 331. The van der Waals surface area contributed by atoms with Crippen LogP contribution in [0, 0.1) is 0 Å². The van der Waals surface area contributed by atoms with Crippen LogP contribution in [0.15, 0.2) is 6.07 Å². The van der Waals surface area contributed by atoms with E-state index in [9.17, 15) is 13.9 Å². The summed E-state index contributed by atoms with van der Waals surface area (Å²) in [5.41, 5.74) is -0.573. The van der Waals surface area contributed by atoms with Gasteiger partial charge in [0.2, 0.25) is 0 Å². The molecule has 1 rings (SSSR count). The predicted octanol–water partition coefficient (Wildman–Crippen LogP) is 1.23. The molecule has 14 heavy (non-hydrogen) atoms. The first-order chi connectivity index (χ1) is 6.60. The summed E-state index contributed by atoms with van der Waals surface area (Å²) in [6.07, 6.45) is -2.84. The molecular weight excluding hydrogens is 196 g/mol. The van der Waals surface area contributed by atoms with Crippen molar-refractivity contribution in [3.63, 3.8) is 0 Å². The van der Waals surface area contributed by atoms with Crippen molar-refractivity contribution in [1.82, 2.24) is 4.98 Å². The molecule has 0 saturated heterocycles. The average Bonchev–Trinajstić information content (AvgIpc) is 2.17. The summed E-state index contributed by atoms with van der Waals surface area (Å²) in [4.78, 5) is 3.60. The highest BCUT2D eigenvalue weighted by Crippen LogP contribution is 2.34. The second kappa shape index (κ2) is 4.19. The maximum atomic E-state index is 12.3. The van der Waals surface area contributed by atoms with Crippen molar-refractivity contribution in [3.8, 4) is 11.6 Å². The third-order valence-corrected chi connectivity index (χ3v) is 1.63. The summed E-state index contributed by atoms with van der Waals surface area (Å²) in [5, 5.41) is 17.9. The van der Waals surface area contributed by atoms with Crippen molar-refractivity contribution in [2.75, 3.05) is 7.11 Å². The Balaban J connectivity index is 3.27. The first-order valence-electron chi connectivity index (χ1n) is 3.76. The molecule has 0 aliphatic rings. The van der Waals surface area contributed by atoms with Crippen molar-refractivity contribution < 1.29 is 23.7 Å². The van der Waals surface area contributed by atoms with Crippen LogP contribution in [-0.2, 0) is 6.61 Å². The second-order valence-corrected chi connectivity index (χ2v) is 2.52. The number of hydrogen-bond donors (Lipinski definition) is 2. The normalized spacial score (nSPS) is 10.6. The fourth-order valence-electron chi connectivity index (χ4n) is 0.977. The number of ether oxygens (including phenoxy) is 1. The van der Waals surface area contributed by atoms with Crippen LogP contribution in [0.5, 0.6) is 11.6 Å². The van der Waals surface area contributed by atoms with Gasteiger partial charge in [0, 0.05) is 0 Å². The third-order valence-electron chi connectivity index (χ3n) is 1.63. The topological polar surface area (TPSA) is 62.6 Å². The quantitative estimate of drug-likeness (QED) is 0.778. The largest absolute Gasteiger partial charge is 0.503 e. The smallest absolute Gasteiger partial charge is 0.267 e. The maximum Gasteiger partial charge on any atom is 0.267 e. The van der Waals surface area contributed by atoms with Gasteiger partial charge in [-0.25, -0.2) is 13.8 Å². The molecule has 0 aromatic carbocycles. The van der Waals surface area contributed by atoms with E-state index < -0.39 is 24.3 Å². The first kappa shape index (κ1) is 10.6. The lowest BCUT2D eigenvalue weighted by molar-refractivity contribution is 0.145. The fraction of sp³-hybridized carbons (Fsp3) is 0.375. The van der Waals surface area contributed by atoms with Crippen LogP contribution >= 0.6 is 0 Å². The lowest BCUT2D eigenvalue weighted by atomic mass is 10.2. The van der Waals surface area contributed by atoms with E-state index in [1.165, 1.54) is 7.11 Å². The Morgan fingerprint density at radius 1 is 1.57 bits per heavy atom. The maximum absolute atomic E-state index is 12.3. The Kier molecular flexibility index (Phi) is 3.19. The summed E-state index contributed by atoms with van der Waals surface area (Å²) in [6.45, 7) is -0.490. The molecule has 0 amide bonds. The molecule has 0 unspecified atom stereocenters. The highest BCUT2D eigenvalue weighted by Gasteiger charge is 2.19. The van der Waals surface area contributed by atoms with E-state index in [1.807, 2.05) is 0 Å². The van der Waals surface area contributed by atoms with Gasteiger partial charge < -0.3 is 14.9 Å². The number of alkyl halides is 2. The van der Waals surface area contributed by atoms with Crippen LogP contribution < -0.4 is 4.74 Å². The minimum atomic E-state index is -2.84. The molecule has 0 aliphatic carbocycles. The molecule has 0 saturated carbocycles. The van der Waals surface area contributed by atoms with Crippen molar-refractivity contribution in [2.45, 2.75) is 13.0 Å². The molecule has 1 aromatic heterocycles. The van der Waals surface area contributed by atoms with Gasteiger partial charge in [-0.1, -0.05) is 0 Å². The minimum absolute atomic E-state index is 0.0231. The van der Waals surface area contributed by atoms with Crippen molar-refractivity contribution in [1.29, 1.82) is 0 Å². The molecule has 6 heteroatoms. The molecule has 0 radical (unpaired) electrons. The summed E-state index contributed by atoms with van der Waals surface area (Å²) in [6, 6.07) is 0.933. The molecule has 0 atom stereocenters. The molecule has 2 N–H and O–H groups in total. The van der Waals surface area contributed by atoms with Crippen LogP contribution in [0.2, 0.25) is 0 Å². The van der Waals surface area contributed by atoms with Gasteiger partial charge in [0.15, 0.2) is 5.75 Å². The molecule has 0 fully saturated rings. The average molecular weight is 205 g/mol. The van der Waals surface area contributed by atoms with Gasteiger partial charge in [0.25, 0.3) is 12.3 Å². The molecule has 0 spiro atoms. The molecule has 0 bridgehead atoms. The fourth-order valence-corrected chi connectivity index (χ4v) is 0.977. The van der Waals surface area contributed by atoms with Gasteiger partial charge >= 0.3 is 0 Å².